The van der Waals surface area contributed by atoms with Crippen molar-refractivity contribution in [3.05, 3.63) is 35.5 Å². The van der Waals surface area contributed by atoms with Gasteiger partial charge in [0.25, 0.3) is 0 Å². The third-order valence-corrected chi connectivity index (χ3v) is 2.35. The Bertz CT molecular complexity index is 535. The van der Waals surface area contributed by atoms with Crippen LogP contribution in [-0.2, 0) is 0 Å². The van der Waals surface area contributed by atoms with Crippen LogP contribution >= 0.6 is 0 Å². The van der Waals surface area contributed by atoms with Gasteiger partial charge < -0.3 is 10.9 Å². The van der Waals surface area contributed by atoms with Crippen molar-refractivity contribution in [2.45, 2.75) is 6.92 Å². The van der Waals surface area contributed by atoms with Crippen molar-refractivity contribution in [1.29, 1.82) is 0 Å². The molecule has 0 aliphatic heterocycles. The number of benzene rings is 1. The number of anilines is 1. The van der Waals surface area contributed by atoms with E-state index in [1.165, 1.54) is 6.21 Å². The summed E-state index contributed by atoms with van der Waals surface area (Å²) in [4.78, 5) is 4.37. The van der Waals surface area contributed by atoms with E-state index in [0.717, 1.165) is 16.6 Å². The summed E-state index contributed by atoms with van der Waals surface area (Å²) in [5, 5.41) is 12.4. The molecule has 2 rings (SSSR count). The number of hydrogen-bond acceptors (Lipinski definition) is 4. The van der Waals surface area contributed by atoms with Crippen LogP contribution in [0.2, 0.25) is 0 Å². The van der Waals surface area contributed by atoms with Crippen molar-refractivity contribution in [3.8, 4) is 0 Å². The van der Waals surface area contributed by atoms with Crippen LogP contribution in [0.25, 0.3) is 10.9 Å². The van der Waals surface area contributed by atoms with Crippen molar-refractivity contribution in [1.82, 2.24) is 4.98 Å². The molecule has 0 radical (unpaired) electrons. The fourth-order valence-electron chi connectivity index (χ4n) is 1.60. The smallest absolute Gasteiger partial charge is 0.0773 e. The quantitative estimate of drug-likeness (QED) is 0.420. The Labute approximate surface area is 87.0 Å². The van der Waals surface area contributed by atoms with Crippen molar-refractivity contribution < 1.29 is 5.21 Å². The van der Waals surface area contributed by atoms with Crippen LogP contribution in [0.5, 0.6) is 0 Å². The molecule has 0 unspecified atom stereocenters. The number of rotatable bonds is 1. The van der Waals surface area contributed by atoms with E-state index in [2.05, 4.69) is 10.1 Å². The summed E-state index contributed by atoms with van der Waals surface area (Å²) in [5.74, 6) is 0. The molecule has 2 aromatic rings. The second-order valence-corrected chi connectivity index (χ2v) is 3.29. The Morgan fingerprint density at radius 3 is 2.87 bits per heavy atom. The minimum Gasteiger partial charge on any atom is -0.411 e. The van der Waals surface area contributed by atoms with E-state index < -0.39 is 0 Å². The maximum atomic E-state index is 8.53. The monoisotopic (exact) mass is 201 g/mol. The van der Waals surface area contributed by atoms with Gasteiger partial charge in [-0.25, -0.2) is 0 Å². The molecule has 1 aromatic carbocycles. The molecule has 0 fully saturated rings. The molecule has 0 saturated carbocycles. The number of fused-ring (bicyclic) bond motifs is 1. The molecule has 0 atom stereocenters. The Balaban J connectivity index is 2.83. The fourth-order valence-corrected chi connectivity index (χ4v) is 1.60. The molecule has 4 heteroatoms. The lowest BCUT2D eigenvalue weighted by Crippen LogP contribution is -2.00. The molecule has 4 nitrogen and oxygen atoms in total. The van der Waals surface area contributed by atoms with Crippen molar-refractivity contribution >= 4 is 22.8 Å². The SMILES string of the molecule is Cc1nc2ccccc2c(N)c1/C=N/O. The number of pyridine rings is 1. The lowest BCUT2D eigenvalue weighted by molar-refractivity contribution is 0.322. The van der Waals surface area contributed by atoms with Gasteiger partial charge in [0.2, 0.25) is 0 Å². The van der Waals surface area contributed by atoms with Crippen LogP contribution in [0.4, 0.5) is 5.69 Å². The standard InChI is InChI=1S/C11H11N3O/c1-7-9(6-13-15)11(12)8-4-2-3-5-10(8)14-7/h2-6,15H,1H3,(H2,12,14)/b13-6+. The number of aryl methyl sites for hydroxylation is 1. The molecular formula is C11H11N3O. The first kappa shape index (κ1) is 9.45. The van der Waals surface area contributed by atoms with Crippen molar-refractivity contribution in [3.63, 3.8) is 0 Å². The highest BCUT2D eigenvalue weighted by atomic mass is 16.4. The minimum atomic E-state index is 0.593. The maximum absolute atomic E-state index is 8.53. The zero-order valence-corrected chi connectivity index (χ0v) is 8.31. The maximum Gasteiger partial charge on any atom is 0.0773 e. The first-order valence-corrected chi connectivity index (χ1v) is 4.56. The van der Waals surface area contributed by atoms with Crippen LogP contribution in [0.3, 0.4) is 0 Å². The number of para-hydroxylation sites is 1. The summed E-state index contributed by atoms with van der Waals surface area (Å²) in [6.07, 6.45) is 1.31. The predicted molar refractivity (Wildman–Crippen MR) is 60.3 cm³/mol. The Morgan fingerprint density at radius 2 is 2.13 bits per heavy atom. The van der Waals surface area contributed by atoms with Gasteiger partial charge in [0, 0.05) is 16.6 Å². The lowest BCUT2D eigenvalue weighted by atomic mass is 10.1. The molecule has 0 bridgehead atoms. The molecule has 0 amide bonds. The second kappa shape index (κ2) is 3.57. The molecule has 0 aliphatic rings. The topological polar surface area (TPSA) is 71.5 Å². The highest BCUT2D eigenvalue weighted by Crippen LogP contribution is 2.23. The van der Waals surface area contributed by atoms with E-state index in [1.807, 2.05) is 31.2 Å². The predicted octanol–water partition coefficient (Wildman–Crippen LogP) is 1.93. The van der Waals surface area contributed by atoms with Gasteiger partial charge in [0.05, 0.1) is 17.4 Å². The first-order valence-electron chi connectivity index (χ1n) is 4.56. The Kier molecular flexibility index (Phi) is 2.25. The van der Waals surface area contributed by atoms with Gasteiger partial charge in [-0.05, 0) is 13.0 Å². The number of nitrogens with zero attached hydrogens (tertiary/aromatic N) is 2. The van der Waals surface area contributed by atoms with E-state index >= 15 is 0 Å². The Hall–Kier alpha value is -2.10. The zero-order chi connectivity index (χ0) is 10.8. The normalized spacial score (nSPS) is 11.3. The highest BCUT2D eigenvalue weighted by Gasteiger charge is 2.07. The molecular weight excluding hydrogens is 190 g/mol. The van der Waals surface area contributed by atoms with Gasteiger partial charge in [-0.1, -0.05) is 23.4 Å². The highest BCUT2D eigenvalue weighted by molar-refractivity contribution is 6.01. The minimum absolute atomic E-state index is 0.593. The van der Waals surface area contributed by atoms with Crippen molar-refractivity contribution in [2.24, 2.45) is 5.16 Å². The summed E-state index contributed by atoms with van der Waals surface area (Å²) >= 11 is 0. The average Bonchev–Trinajstić information content (AvgIpc) is 2.24. The van der Waals surface area contributed by atoms with Crippen molar-refractivity contribution in [2.75, 3.05) is 5.73 Å². The average molecular weight is 201 g/mol. The molecule has 76 valence electrons. The zero-order valence-electron chi connectivity index (χ0n) is 8.31. The third-order valence-electron chi connectivity index (χ3n) is 2.35. The van der Waals surface area contributed by atoms with Gasteiger partial charge in [0.15, 0.2) is 0 Å². The van der Waals surface area contributed by atoms with Crippen LogP contribution < -0.4 is 5.73 Å². The van der Waals surface area contributed by atoms with Gasteiger partial charge in [-0.15, -0.1) is 0 Å². The van der Waals surface area contributed by atoms with Gasteiger partial charge in [-0.3, -0.25) is 4.98 Å². The number of nitrogen functional groups attached to an aromatic ring is 1. The van der Waals surface area contributed by atoms with E-state index in [-0.39, 0.29) is 0 Å². The number of aromatic nitrogens is 1. The first-order chi connectivity index (χ1) is 7.24. The lowest BCUT2D eigenvalue weighted by Gasteiger charge is -2.07. The molecule has 1 heterocycles. The van der Waals surface area contributed by atoms with E-state index in [0.29, 0.717) is 11.3 Å². The number of oxime groups is 1. The number of hydrogen-bond donors (Lipinski definition) is 2. The second-order valence-electron chi connectivity index (χ2n) is 3.29. The van der Waals surface area contributed by atoms with E-state index in [1.54, 1.807) is 0 Å². The number of nitrogens with two attached hydrogens (primary N) is 1. The summed E-state index contributed by atoms with van der Waals surface area (Å²) in [6.45, 7) is 1.83. The molecule has 15 heavy (non-hydrogen) atoms. The molecule has 0 spiro atoms. The van der Waals surface area contributed by atoms with Crippen LogP contribution in [0.1, 0.15) is 11.3 Å². The molecule has 0 saturated heterocycles. The summed E-state index contributed by atoms with van der Waals surface area (Å²) in [5.41, 5.74) is 8.82. The van der Waals surface area contributed by atoms with E-state index in [9.17, 15) is 0 Å². The summed E-state index contributed by atoms with van der Waals surface area (Å²) in [7, 11) is 0. The summed E-state index contributed by atoms with van der Waals surface area (Å²) in [6, 6.07) is 7.61. The molecule has 1 aromatic heterocycles. The molecule has 0 aliphatic carbocycles. The van der Waals surface area contributed by atoms with Gasteiger partial charge in [-0.2, -0.15) is 0 Å². The third kappa shape index (κ3) is 1.50. The van der Waals surface area contributed by atoms with E-state index in [4.69, 9.17) is 10.9 Å². The van der Waals surface area contributed by atoms with Crippen LogP contribution in [0.15, 0.2) is 29.4 Å². The van der Waals surface area contributed by atoms with Gasteiger partial charge in [0.1, 0.15) is 0 Å². The molecule has 3 N–H and O–H groups in total. The van der Waals surface area contributed by atoms with Crippen LogP contribution in [0, 0.1) is 6.92 Å². The van der Waals surface area contributed by atoms with Gasteiger partial charge >= 0.3 is 0 Å². The fraction of sp³-hybridized carbons (Fsp3) is 0.0909. The largest absolute Gasteiger partial charge is 0.411 e. The summed E-state index contributed by atoms with van der Waals surface area (Å²) < 4.78 is 0. The van der Waals surface area contributed by atoms with Crippen LogP contribution in [-0.4, -0.2) is 16.4 Å². The Morgan fingerprint density at radius 1 is 1.40 bits per heavy atom.